The van der Waals surface area contributed by atoms with Crippen LogP contribution in [-0.4, -0.2) is 21.9 Å². The molecule has 4 rings (SSSR count). The molecule has 0 unspecified atom stereocenters. The quantitative estimate of drug-likeness (QED) is 0.860. The molecule has 0 spiro atoms. The molecule has 2 N–H and O–H groups in total. The molecule has 6 heteroatoms. The summed E-state index contributed by atoms with van der Waals surface area (Å²) in [5, 5.41) is 8.89. The summed E-state index contributed by atoms with van der Waals surface area (Å²) < 4.78 is 0. The van der Waals surface area contributed by atoms with E-state index < -0.39 is 0 Å². The van der Waals surface area contributed by atoms with Gasteiger partial charge in [-0.2, -0.15) is 0 Å². The van der Waals surface area contributed by atoms with E-state index in [1.54, 1.807) is 11.6 Å². The molecular weight excluding hydrogens is 332 g/mol. The van der Waals surface area contributed by atoms with E-state index in [-0.39, 0.29) is 17.4 Å². The van der Waals surface area contributed by atoms with Gasteiger partial charge in [-0.25, -0.2) is 9.97 Å². The zero-order valence-corrected chi connectivity index (χ0v) is 15.7. The van der Waals surface area contributed by atoms with E-state index in [9.17, 15) is 4.79 Å². The second-order valence-electron chi connectivity index (χ2n) is 8.01. The summed E-state index contributed by atoms with van der Waals surface area (Å²) in [6, 6.07) is 5.89. The number of fused-ring (bicyclic) bond motifs is 2. The number of nitrogens with one attached hydrogen (secondary N) is 2. The molecule has 2 aromatic rings. The molecule has 2 saturated carbocycles. The fraction of sp³-hybridized carbons (Fsp3) is 0.526. The molecule has 0 aromatic carbocycles. The van der Waals surface area contributed by atoms with Gasteiger partial charge in [0.25, 0.3) is 5.91 Å². The molecule has 1 amide bonds. The molecule has 5 nitrogen and oxygen atoms in total. The maximum Gasteiger partial charge on any atom is 0.271 e. The average molecular weight is 356 g/mol. The van der Waals surface area contributed by atoms with Crippen LogP contribution in [0.15, 0.2) is 29.8 Å². The number of carbonyl (C=O) groups is 1. The van der Waals surface area contributed by atoms with Crippen LogP contribution in [0.4, 0.5) is 10.9 Å². The fourth-order valence-corrected chi connectivity index (χ4v) is 5.33. The highest BCUT2D eigenvalue weighted by molar-refractivity contribution is 7.14. The first-order valence-electron chi connectivity index (χ1n) is 8.84. The maximum atomic E-state index is 12.7. The summed E-state index contributed by atoms with van der Waals surface area (Å²) >= 11 is 1.42. The van der Waals surface area contributed by atoms with Gasteiger partial charge in [0.2, 0.25) is 0 Å². The Morgan fingerprint density at radius 3 is 2.80 bits per heavy atom. The van der Waals surface area contributed by atoms with Crippen LogP contribution in [0.2, 0.25) is 0 Å². The third-order valence-corrected chi connectivity index (χ3v) is 7.49. The monoisotopic (exact) mass is 356 g/mol. The van der Waals surface area contributed by atoms with Crippen LogP contribution >= 0.6 is 11.3 Å². The van der Waals surface area contributed by atoms with Crippen LogP contribution < -0.4 is 10.6 Å². The SMILES string of the molecule is CC1(C)[C@H]2CC[C@@]1(C)[C@H](NC(=O)c1csc(Nc3ccccn3)n1)C2. The molecule has 0 saturated heterocycles. The van der Waals surface area contributed by atoms with Gasteiger partial charge in [0.1, 0.15) is 11.5 Å². The normalized spacial score (nSPS) is 29.6. The van der Waals surface area contributed by atoms with Crippen molar-refractivity contribution < 1.29 is 4.79 Å². The zero-order chi connectivity index (χ0) is 17.7. The van der Waals surface area contributed by atoms with Crippen LogP contribution in [0, 0.1) is 16.7 Å². The van der Waals surface area contributed by atoms with E-state index in [0.29, 0.717) is 22.2 Å². The van der Waals surface area contributed by atoms with Gasteiger partial charge in [0.15, 0.2) is 5.13 Å². The Morgan fingerprint density at radius 1 is 1.32 bits per heavy atom. The van der Waals surface area contributed by atoms with Crippen molar-refractivity contribution in [3.05, 3.63) is 35.5 Å². The number of aromatic nitrogens is 2. The number of pyridine rings is 1. The first-order valence-corrected chi connectivity index (χ1v) is 9.72. The van der Waals surface area contributed by atoms with E-state index >= 15 is 0 Å². The predicted octanol–water partition coefficient (Wildman–Crippen LogP) is 4.23. The van der Waals surface area contributed by atoms with E-state index in [4.69, 9.17) is 0 Å². The molecule has 2 aliphatic rings. The maximum absolute atomic E-state index is 12.7. The van der Waals surface area contributed by atoms with Crippen LogP contribution in [0.25, 0.3) is 0 Å². The molecular formula is C19H24N4OS. The molecule has 2 fully saturated rings. The zero-order valence-electron chi connectivity index (χ0n) is 14.9. The number of anilines is 2. The third-order valence-electron chi connectivity index (χ3n) is 6.74. The van der Waals surface area contributed by atoms with Crippen LogP contribution in [0.3, 0.4) is 0 Å². The topological polar surface area (TPSA) is 66.9 Å². The van der Waals surface area contributed by atoms with Crippen molar-refractivity contribution in [3.8, 4) is 0 Å². The molecule has 0 radical (unpaired) electrons. The average Bonchev–Trinajstić information content (AvgIpc) is 3.19. The summed E-state index contributed by atoms with van der Waals surface area (Å²) in [5.74, 6) is 1.37. The standard InChI is InChI=1S/C19H24N4OS/c1-18(2)12-7-8-19(18,3)14(10-12)22-16(24)13-11-25-17(21-13)23-15-6-4-5-9-20-15/h4-6,9,11-12,14H,7-8,10H2,1-3H3,(H,22,24)(H,20,21,23)/t12-,14+,19-/m0/s1. The Bertz CT molecular complexity index is 788. The Kier molecular flexibility index (Phi) is 3.83. The van der Waals surface area contributed by atoms with E-state index in [1.807, 2.05) is 18.2 Å². The highest BCUT2D eigenvalue weighted by Gasteiger charge is 2.61. The van der Waals surface area contributed by atoms with Gasteiger partial charge in [0.05, 0.1) is 0 Å². The van der Waals surface area contributed by atoms with Crippen molar-refractivity contribution in [3.63, 3.8) is 0 Å². The Balaban J connectivity index is 1.44. The highest BCUT2D eigenvalue weighted by Crippen LogP contribution is 2.65. The van der Waals surface area contributed by atoms with Crippen molar-refractivity contribution in [1.29, 1.82) is 0 Å². The number of hydrogen-bond donors (Lipinski definition) is 2. The number of carbonyl (C=O) groups excluding carboxylic acids is 1. The minimum absolute atomic E-state index is 0.0695. The van der Waals surface area contributed by atoms with Crippen LogP contribution in [0.1, 0.15) is 50.5 Å². The fourth-order valence-electron chi connectivity index (χ4n) is 4.64. The first kappa shape index (κ1) is 16.5. The van der Waals surface area contributed by atoms with Gasteiger partial charge in [-0.1, -0.05) is 26.8 Å². The second-order valence-corrected chi connectivity index (χ2v) is 8.87. The van der Waals surface area contributed by atoms with Gasteiger partial charge < -0.3 is 10.6 Å². The van der Waals surface area contributed by atoms with Crippen molar-refractivity contribution >= 4 is 28.2 Å². The minimum Gasteiger partial charge on any atom is -0.347 e. The molecule has 25 heavy (non-hydrogen) atoms. The molecule has 2 aromatic heterocycles. The molecule has 3 atom stereocenters. The van der Waals surface area contributed by atoms with Gasteiger partial charge in [-0.05, 0) is 48.1 Å². The lowest BCUT2D eigenvalue weighted by Crippen LogP contribution is -2.46. The van der Waals surface area contributed by atoms with Gasteiger partial charge in [-0.15, -0.1) is 11.3 Å². The molecule has 2 heterocycles. The van der Waals surface area contributed by atoms with Gasteiger partial charge in [0, 0.05) is 17.6 Å². The van der Waals surface area contributed by atoms with E-state index in [1.165, 1.54) is 24.2 Å². The van der Waals surface area contributed by atoms with Crippen molar-refractivity contribution in [2.75, 3.05) is 5.32 Å². The lowest BCUT2D eigenvalue weighted by atomic mass is 9.69. The van der Waals surface area contributed by atoms with Gasteiger partial charge >= 0.3 is 0 Å². The molecule has 132 valence electrons. The van der Waals surface area contributed by atoms with E-state index in [0.717, 1.165) is 12.2 Å². The summed E-state index contributed by atoms with van der Waals surface area (Å²) in [6.45, 7) is 7.04. The Labute approximate surface area is 152 Å². The summed E-state index contributed by atoms with van der Waals surface area (Å²) in [6.07, 6.45) is 5.28. The molecule has 2 aliphatic carbocycles. The summed E-state index contributed by atoms with van der Waals surface area (Å²) in [4.78, 5) is 21.3. The number of thiazole rings is 1. The third kappa shape index (κ3) is 2.63. The Morgan fingerprint density at radius 2 is 2.16 bits per heavy atom. The van der Waals surface area contributed by atoms with Crippen LogP contribution in [0.5, 0.6) is 0 Å². The smallest absolute Gasteiger partial charge is 0.271 e. The molecule has 0 aliphatic heterocycles. The highest BCUT2D eigenvalue weighted by atomic mass is 32.1. The minimum atomic E-state index is -0.0695. The molecule has 2 bridgehead atoms. The number of rotatable bonds is 4. The number of nitrogens with zero attached hydrogens (tertiary/aromatic N) is 2. The van der Waals surface area contributed by atoms with Crippen molar-refractivity contribution in [2.45, 2.75) is 46.1 Å². The lowest BCUT2D eigenvalue weighted by molar-refractivity contribution is 0.0822. The van der Waals surface area contributed by atoms with Crippen molar-refractivity contribution in [2.24, 2.45) is 16.7 Å². The van der Waals surface area contributed by atoms with E-state index in [2.05, 4.69) is 41.4 Å². The first-order chi connectivity index (χ1) is 11.9. The second kappa shape index (κ2) is 5.80. The Hall–Kier alpha value is -1.95. The summed E-state index contributed by atoms with van der Waals surface area (Å²) in [7, 11) is 0. The predicted molar refractivity (Wildman–Crippen MR) is 100 cm³/mol. The summed E-state index contributed by atoms with van der Waals surface area (Å²) in [5.41, 5.74) is 0.949. The number of amides is 1. The van der Waals surface area contributed by atoms with Crippen LogP contribution in [-0.2, 0) is 0 Å². The number of hydrogen-bond acceptors (Lipinski definition) is 5. The lowest BCUT2D eigenvalue weighted by Gasteiger charge is -2.39. The van der Waals surface area contributed by atoms with Crippen molar-refractivity contribution in [1.82, 2.24) is 15.3 Å². The largest absolute Gasteiger partial charge is 0.347 e. The van der Waals surface area contributed by atoms with Gasteiger partial charge in [-0.3, -0.25) is 4.79 Å².